The molecule has 0 aliphatic rings. The van der Waals surface area contributed by atoms with E-state index in [1.165, 1.54) is 22.0 Å². The van der Waals surface area contributed by atoms with Crippen LogP contribution in [0.1, 0.15) is 42.3 Å². The van der Waals surface area contributed by atoms with Gasteiger partial charge in [0.1, 0.15) is 0 Å². The van der Waals surface area contributed by atoms with Crippen molar-refractivity contribution in [1.82, 2.24) is 14.3 Å². The largest absolute Gasteiger partial charge is 0.356 e. The van der Waals surface area contributed by atoms with E-state index in [0.29, 0.717) is 0 Å². The van der Waals surface area contributed by atoms with Crippen LogP contribution in [0.4, 0.5) is 0 Å². The number of hydrogen-bond donors (Lipinski definition) is 0. The lowest BCUT2D eigenvalue weighted by molar-refractivity contribution is 0.101. The van der Waals surface area contributed by atoms with E-state index in [0.717, 1.165) is 40.9 Å². The Labute approximate surface area is 188 Å². The predicted molar refractivity (Wildman–Crippen MR) is 130 cm³/mol. The molecule has 0 aliphatic heterocycles. The quantitative estimate of drug-likeness (QED) is 0.297. The first-order chi connectivity index (χ1) is 15.4. The Hall–Kier alpha value is -3.60. The molecule has 5 rings (SSSR count). The molecule has 0 atom stereocenters. The zero-order valence-corrected chi connectivity index (χ0v) is 19.3. The van der Waals surface area contributed by atoms with Gasteiger partial charge in [-0.05, 0) is 57.9 Å². The van der Waals surface area contributed by atoms with E-state index in [-0.39, 0.29) is 5.78 Å². The highest BCUT2D eigenvalue weighted by atomic mass is 16.5. The van der Waals surface area contributed by atoms with Crippen molar-refractivity contribution in [3.8, 4) is 11.3 Å². The van der Waals surface area contributed by atoms with Crippen molar-refractivity contribution in [2.75, 3.05) is 0 Å². The second-order valence-electron chi connectivity index (χ2n) is 8.13. The number of rotatable bonds is 4. The molecule has 0 fully saturated rings. The number of carbonyl (C=O) groups is 1. The number of benzene rings is 2. The smallest absolute Gasteiger partial charge is 0.168 e. The van der Waals surface area contributed by atoms with Crippen molar-refractivity contribution >= 4 is 27.6 Å². The van der Waals surface area contributed by atoms with Crippen LogP contribution in [-0.4, -0.2) is 20.1 Å². The fraction of sp³-hybridized carbons (Fsp3) is 0.259. The lowest BCUT2D eigenvalue weighted by Gasteiger charge is -2.00. The highest BCUT2D eigenvalue weighted by molar-refractivity contribution is 6.07. The first-order valence-corrected chi connectivity index (χ1v) is 11.0. The van der Waals surface area contributed by atoms with Crippen molar-refractivity contribution in [3.63, 3.8) is 0 Å². The summed E-state index contributed by atoms with van der Waals surface area (Å²) in [5, 5.41) is 6.06. The molecule has 32 heavy (non-hydrogen) atoms. The van der Waals surface area contributed by atoms with E-state index in [2.05, 4.69) is 78.5 Å². The van der Waals surface area contributed by atoms with E-state index in [4.69, 9.17) is 4.52 Å². The van der Waals surface area contributed by atoms with E-state index in [1.807, 2.05) is 18.3 Å². The summed E-state index contributed by atoms with van der Waals surface area (Å²) >= 11 is 0. The third-order valence-electron chi connectivity index (χ3n) is 5.84. The molecule has 2 aromatic carbocycles. The molecule has 0 bridgehead atoms. The molecule has 0 radical (unpaired) electrons. The fourth-order valence-electron chi connectivity index (χ4n) is 4.16. The van der Waals surface area contributed by atoms with Gasteiger partial charge in [0.25, 0.3) is 0 Å². The minimum absolute atomic E-state index is 0.135. The molecule has 0 aliphatic carbocycles. The Morgan fingerprint density at radius 2 is 1.47 bits per heavy atom. The molecule has 0 amide bonds. The van der Waals surface area contributed by atoms with E-state index in [1.54, 1.807) is 13.1 Å². The molecular formula is C27H29N3O2. The average molecular weight is 428 g/mol. The standard InChI is InChI=1S/C14H14N2O.C13H15NO/c1-3-16-9-12(14-6-7-15-17-14)11-5-4-10(2)8-13(11)16;1-4-14-8-12(10(3)15)11-6-5-9(2)7-13(11)14/h4-9H,3H2,1-2H3;5-8H,4H2,1-3H3. The Kier molecular flexibility index (Phi) is 5.99. The number of aryl methyl sites for hydroxylation is 4. The first-order valence-electron chi connectivity index (χ1n) is 11.0. The van der Waals surface area contributed by atoms with Crippen LogP contribution in [0.15, 0.2) is 65.6 Å². The highest BCUT2D eigenvalue weighted by Gasteiger charge is 2.12. The van der Waals surface area contributed by atoms with Gasteiger partial charge < -0.3 is 13.7 Å². The maximum Gasteiger partial charge on any atom is 0.168 e. The second kappa shape index (κ2) is 8.87. The van der Waals surface area contributed by atoms with Gasteiger partial charge in [0.2, 0.25) is 0 Å². The SMILES string of the molecule is CCn1cc(-c2ccno2)c2ccc(C)cc21.CCn1cc(C(C)=O)c2ccc(C)cc21. The Balaban J connectivity index is 0.000000155. The van der Waals surface area contributed by atoms with Gasteiger partial charge in [-0.3, -0.25) is 4.79 Å². The third-order valence-corrected chi connectivity index (χ3v) is 5.84. The number of hydrogen-bond acceptors (Lipinski definition) is 3. The van der Waals surface area contributed by atoms with Crippen molar-refractivity contribution in [1.29, 1.82) is 0 Å². The fourth-order valence-corrected chi connectivity index (χ4v) is 4.16. The zero-order chi connectivity index (χ0) is 22.8. The van der Waals surface area contributed by atoms with Crippen LogP contribution in [0.3, 0.4) is 0 Å². The van der Waals surface area contributed by atoms with Gasteiger partial charge in [-0.25, -0.2) is 0 Å². The van der Waals surface area contributed by atoms with Crippen LogP contribution in [0.5, 0.6) is 0 Å². The maximum atomic E-state index is 11.5. The topological polar surface area (TPSA) is 53.0 Å². The number of aromatic nitrogens is 3. The molecule has 0 saturated carbocycles. The average Bonchev–Trinajstić information content (AvgIpc) is 3.50. The van der Waals surface area contributed by atoms with Crippen LogP contribution < -0.4 is 0 Å². The van der Waals surface area contributed by atoms with Crippen LogP contribution in [0, 0.1) is 13.8 Å². The van der Waals surface area contributed by atoms with Gasteiger partial charge in [-0.1, -0.05) is 29.4 Å². The molecule has 5 aromatic rings. The summed E-state index contributed by atoms with van der Waals surface area (Å²) in [6.45, 7) is 11.9. The van der Waals surface area contributed by atoms with Gasteiger partial charge in [-0.2, -0.15) is 0 Å². The molecular weight excluding hydrogens is 398 g/mol. The molecule has 0 N–H and O–H groups in total. The van der Waals surface area contributed by atoms with Gasteiger partial charge in [-0.15, -0.1) is 0 Å². The predicted octanol–water partition coefficient (Wildman–Crippen LogP) is 6.80. The molecule has 0 saturated heterocycles. The highest BCUT2D eigenvalue weighted by Crippen LogP contribution is 2.31. The number of ketones is 1. The minimum atomic E-state index is 0.135. The summed E-state index contributed by atoms with van der Waals surface area (Å²) in [6, 6.07) is 14.6. The summed E-state index contributed by atoms with van der Waals surface area (Å²) in [5.74, 6) is 0.960. The van der Waals surface area contributed by atoms with Crippen molar-refractivity contribution in [3.05, 3.63) is 77.7 Å². The summed E-state index contributed by atoms with van der Waals surface area (Å²) in [4.78, 5) is 11.5. The van der Waals surface area contributed by atoms with Crippen LogP contribution in [0.25, 0.3) is 33.1 Å². The summed E-state index contributed by atoms with van der Waals surface area (Å²) < 4.78 is 9.61. The van der Waals surface area contributed by atoms with Gasteiger partial charge >= 0.3 is 0 Å². The van der Waals surface area contributed by atoms with Crippen molar-refractivity contribution in [2.45, 2.75) is 47.7 Å². The Bertz CT molecular complexity index is 1390. The molecule has 5 nitrogen and oxygen atoms in total. The molecule has 5 heteroatoms. The van der Waals surface area contributed by atoms with Crippen molar-refractivity contribution < 1.29 is 9.32 Å². The monoisotopic (exact) mass is 427 g/mol. The number of nitrogens with zero attached hydrogens (tertiary/aromatic N) is 3. The molecule has 164 valence electrons. The Morgan fingerprint density at radius 1 is 0.875 bits per heavy atom. The summed E-state index contributed by atoms with van der Waals surface area (Å²) in [5.41, 5.74) is 6.84. The third kappa shape index (κ3) is 3.98. The Morgan fingerprint density at radius 3 is 2.03 bits per heavy atom. The lowest BCUT2D eigenvalue weighted by atomic mass is 10.1. The number of Topliss-reactive ketones (excluding diaryl/α,β-unsaturated/α-hetero) is 1. The molecule has 3 aromatic heterocycles. The lowest BCUT2D eigenvalue weighted by Crippen LogP contribution is -1.91. The number of fused-ring (bicyclic) bond motifs is 2. The second-order valence-corrected chi connectivity index (χ2v) is 8.13. The van der Waals surface area contributed by atoms with Crippen LogP contribution >= 0.6 is 0 Å². The maximum absolute atomic E-state index is 11.5. The number of carbonyl (C=O) groups excluding carboxylic acids is 1. The van der Waals surface area contributed by atoms with Crippen molar-refractivity contribution in [2.24, 2.45) is 0 Å². The van der Waals surface area contributed by atoms with Crippen LogP contribution in [-0.2, 0) is 13.1 Å². The molecule has 0 unspecified atom stereocenters. The van der Waals surface area contributed by atoms with Gasteiger partial charge in [0.15, 0.2) is 11.5 Å². The molecule has 3 heterocycles. The van der Waals surface area contributed by atoms with Gasteiger partial charge in [0, 0.05) is 64.5 Å². The van der Waals surface area contributed by atoms with E-state index in [9.17, 15) is 4.79 Å². The summed E-state index contributed by atoms with van der Waals surface area (Å²) in [6.07, 6.45) is 5.76. The van der Waals surface area contributed by atoms with Gasteiger partial charge in [0.05, 0.1) is 6.20 Å². The van der Waals surface area contributed by atoms with Crippen LogP contribution in [0.2, 0.25) is 0 Å². The van der Waals surface area contributed by atoms with E-state index >= 15 is 0 Å². The minimum Gasteiger partial charge on any atom is -0.356 e. The molecule has 0 spiro atoms. The normalized spacial score (nSPS) is 11.0. The first kappa shape index (κ1) is 21.6. The van der Waals surface area contributed by atoms with E-state index < -0.39 is 0 Å². The summed E-state index contributed by atoms with van der Waals surface area (Å²) in [7, 11) is 0. The zero-order valence-electron chi connectivity index (χ0n) is 19.3.